The molecule has 0 saturated carbocycles. The van der Waals surface area contributed by atoms with Crippen LogP contribution in [-0.4, -0.2) is 24.4 Å². The van der Waals surface area contributed by atoms with E-state index in [1.807, 2.05) is 13.8 Å². The van der Waals surface area contributed by atoms with Gasteiger partial charge in [0.1, 0.15) is 0 Å². The van der Waals surface area contributed by atoms with Crippen LogP contribution in [0.15, 0.2) is 0 Å². The molecular weight excluding hydrogens is 152 g/mol. The van der Waals surface area contributed by atoms with Crippen molar-refractivity contribution < 1.29 is 9.47 Å². The second-order valence-electron chi connectivity index (χ2n) is 2.89. The van der Waals surface area contributed by atoms with Gasteiger partial charge in [0.2, 0.25) is 0 Å². The van der Waals surface area contributed by atoms with Crippen molar-refractivity contribution in [1.82, 2.24) is 0 Å². The molecule has 2 nitrogen and oxygen atoms in total. The van der Waals surface area contributed by atoms with E-state index in [-0.39, 0.29) is 11.9 Å². The van der Waals surface area contributed by atoms with Gasteiger partial charge >= 0.3 is 0 Å². The van der Waals surface area contributed by atoms with Crippen molar-refractivity contribution in [2.45, 2.75) is 32.2 Å². The number of rotatable bonds is 1. The van der Waals surface area contributed by atoms with E-state index in [1.54, 1.807) is 0 Å². The molecule has 10 heavy (non-hydrogen) atoms. The molecule has 60 valence electrons. The van der Waals surface area contributed by atoms with E-state index >= 15 is 0 Å². The summed E-state index contributed by atoms with van der Waals surface area (Å²) in [7, 11) is 0. The van der Waals surface area contributed by atoms with Crippen molar-refractivity contribution in [2.75, 3.05) is 12.5 Å². The predicted octanol–water partition coefficient (Wildman–Crippen LogP) is 1.77. The van der Waals surface area contributed by atoms with Crippen molar-refractivity contribution >= 4 is 11.6 Å². The molecule has 3 heteroatoms. The van der Waals surface area contributed by atoms with E-state index in [2.05, 4.69) is 0 Å². The molecule has 0 amide bonds. The molecule has 1 saturated heterocycles. The van der Waals surface area contributed by atoms with Gasteiger partial charge in [-0.25, -0.2) is 0 Å². The van der Waals surface area contributed by atoms with E-state index in [4.69, 9.17) is 21.1 Å². The fourth-order valence-corrected chi connectivity index (χ4v) is 1.23. The average molecular weight is 165 g/mol. The third-order valence-electron chi connectivity index (χ3n) is 1.72. The Morgan fingerprint density at radius 2 is 2.40 bits per heavy atom. The number of alkyl halides is 1. The smallest absolute Gasteiger partial charge is 0.155 e. The second kappa shape index (κ2) is 3.07. The summed E-state index contributed by atoms with van der Waals surface area (Å²) in [5.74, 6) is 0.542. The molecule has 0 aliphatic carbocycles. The molecule has 2 atom stereocenters. The zero-order chi connectivity index (χ0) is 7.61. The van der Waals surface area contributed by atoms with Gasteiger partial charge < -0.3 is 9.47 Å². The van der Waals surface area contributed by atoms with Crippen LogP contribution in [0.4, 0.5) is 0 Å². The van der Waals surface area contributed by atoms with Crippen LogP contribution in [0, 0.1) is 0 Å². The summed E-state index contributed by atoms with van der Waals surface area (Å²) in [6.45, 7) is 4.66. The van der Waals surface area contributed by atoms with Gasteiger partial charge in [0, 0.05) is 6.42 Å². The van der Waals surface area contributed by atoms with Gasteiger partial charge in [-0.2, -0.15) is 0 Å². The third kappa shape index (κ3) is 1.84. The minimum atomic E-state index is -0.167. The van der Waals surface area contributed by atoms with E-state index < -0.39 is 0 Å². The lowest BCUT2D eigenvalue weighted by Gasteiger charge is -2.35. The van der Waals surface area contributed by atoms with Gasteiger partial charge in [0.05, 0.1) is 18.1 Å². The highest BCUT2D eigenvalue weighted by Crippen LogP contribution is 2.24. The fourth-order valence-electron chi connectivity index (χ4n) is 1.03. The molecule has 1 fully saturated rings. The van der Waals surface area contributed by atoms with E-state index in [0.717, 1.165) is 13.0 Å². The lowest BCUT2D eigenvalue weighted by atomic mass is 10.1. The van der Waals surface area contributed by atoms with Crippen molar-refractivity contribution in [3.05, 3.63) is 0 Å². The summed E-state index contributed by atoms with van der Waals surface area (Å²) in [6.07, 6.45) is 0.790. The monoisotopic (exact) mass is 164 g/mol. The highest BCUT2D eigenvalue weighted by atomic mass is 35.5. The van der Waals surface area contributed by atoms with Crippen LogP contribution in [0.2, 0.25) is 0 Å². The Morgan fingerprint density at radius 3 is 2.80 bits per heavy atom. The maximum absolute atomic E-state index is 5.71. The van der Waals surface area contributed by atoms with E-state index in [9.17, 15) is 0 Å². The summed E-state index contributed by atoms with van der Waals surface area (Å²) < 4.78 is 10.7. The van der Waals surface area contributed by atoms with Crippen molar-refractivity contribution in [3.63, 3.8) is 0 Å². The minimum Gasteiger partial charge on any atom is -0.353 e. The van der Waals surface area contributed by atoms with Gasteiger partial charge in [0.15, 0.2) is 6.29 Å². The number of hydrogen-bond acceptors (Lipinski definition) is 2. The summed E-state index contributed by atoms with van der Waals surface area (Å²) in [5, 5.41) is 0. The molecule has 2 unspecified atom stereocenters. The second-order valence-corrected chi connectivity index (χ2v) is 3.16. The molecule has 0 aromatic carbocycles. The highest BCUT2D eigenvalue weighted by Gasteiger charge is 2.30. The molecule has 0 aromatic rings. The van der Waals surface area contributed by atoms with E-state index in [0.29, 0.717) is 5.88 Å². The molecule has 0 bridgehead atoms. The van der Waals surface area contributed by atoms with Crippen LogP contribution >= 0.6 is 11.6 Å². The fraction of sp³-hybridized carbons (Fsp3) is 1.00. The predicted molar refractivity (Wildman–Crippen MR) is 40.2 cm³/mol. The SMILES string of the molecule is CC1OCCC(C)(CCl)O1. The topological polar surface area (TPSA) is 18.5 Å². The lowest BCUT2D eigenvalue weighted by Crippen LogP contribution is -2.41. The van der Waals surface area contributed by atoms with Crippen molar-refractivity contribution in [3.8, 4) is 0 Å². The Labute approximate surface area is 66.5 Å². The first kappa shape index (κ1) is 8.31. The zero-order valence-electron chi connectivity index (χ0n) is 6.39. The average Bonchev–Trinajstić information content (AvgIpc) is 1.88. The summed E-state index contributed by atoms with van der Waals surface area (Å²) >= 11 is 5.71. The Kier molecular flexibility index (Phi) is 2.55. The van der Waals surface area contributed by atoms with Crippen LogP contribution in [0.5, 0.6) is 0 Å². The molecule has 1 rings (SSSR count). The van der Waals surface area contributed by atoms with Gasteiger partial charge in [0.25, 0.3) is 0 Å². The molecule has 1 heterocycles. The third-order valence-corrected chi connectivity index (χ3v) is 2.28. The summed E-state index contributed by atoms with van der Waals surface area (Å²) in [4.78, 5) is 0. The van der Waals surface area contributed by atoms with Gasteiger partial charge in [-0.1, -0.05) is 0 Å². The number of halogens is 1. The van der Waals surface area contributed by atoms with Crippen LogP contribution in [0.3, 0.4) is 0 Å². The van der Waals surface area contributed by atoms with Crippen LogP contribution in [0.25, 0.3) is 0 Å². The molecular formula is C7H13ClO2. The molecule has 0 spiro atoms. The largest absolute Gasteiger partial charge is 0.353 e. The van der Waals surface area contributed by atoms with E-state index in [1.165, 1.54) is 0 Å². The number of hydrogen-bond donors (Lipinski definition) is 0. The molecule has 1 aliphatic rings. The van der Waals surface area contributed by atoms with Crippen LogP contribution in [0.1, 0.15) is 20.3 Å². The van der Waals surface area contributed by atoms with Crippen molar-refractivity contribution in [1.29, 1.82) is 0 Å². The summed E-state index contributed by atoms with van der Waals surface area (Å²) in [5.41, 5.74) is -0.167. The first-order chi connectivity index (χ1) is 4.66. The molecule has 0 aromatic heterocycles. The lowest BCUT2D eigenvalue weighted by molar-refractivity contribution is -0.234. The zero-order valence-corrected chi connectivity index (χ0v) is 7.15. The Morgan fingerprint density at radius 1 is 1.70 bits per heavy atom. The minimum absolute atomic E-state index is 0.0995. The van der Waals surface area contributed by atoms with Crippen LogP contribution < -0.4 is 0 Å². The van der Waals surface area contributed by atoms with Gasteiger partial charge in [-0.3, -0.25) is 0 Å². The first-order valence-corrected chi connectivity index (χ1v) is 4.05. The summed E-state index contributed by atoms with van der Waals surface area (Å²) in [6, 6.07) is 0. The standard InChI is InChI=1S/C7H13ClO2/c1-6-9-4-3-7(2,5-8)10-6/h6H,3-5H2,1-2H3. The quantitative estimate of drug-likeness (QED) is 0.550. The van der Waals surface area contributed by atoms with Gasteiger partial charge in [-0.05, 0) is 13.8 Å². The first-order valence-electron chi connectivity index (χ1n) is 3.52. The Bertz CT molecular complexity index is 118. The molecule has 0 radical (unpaired) electrons. The Hall–Kier alpha value is 0.210. The maximum Gasteiger partial charge on any atom is 0.155 e. The molecule has 1 aliphatic heterocycles. The highest BCUT2D eigenvalue weighted by molar-refractivity contribution is 6.18. The Balaban J connectivity index is 2.45. The number of ether oxygens (including phenoxy) is 2. The molecule has 0 N–H and O–H groups in total. The normalized spacial score (nSPS) is 41.7. The van der Waals surface area contributed by atoms with Crippen LogP contribution in [-0.2, 0) is 9.47 Å². The maximum atomic E-state index is 5.71. The van der Waals surface area contributed by atoms with Gasteiger partial charge in [-0.15, -0.1) is 11.6 Å². The van der Waals surface area contributed by atoms with Crippen molar-refractivity contribution in [2.24, 2.45) is 0 Å².